The number of rotatable bonds is 5. The van der Waals surface area contributed by atoms with Gasteiger partial charge in [-0.15, -0.1) is 11.3 Å². The molecule has 5 nitrogen and oxygen atoms in total. The van der Waals surface area contributed by atoms with Crippen LogP contribution in [0.15, 0.2) is 6.07 Å². The molecule has 1 fully saturated rings. The maximum atomic E-state index is 5.53. The highest BCUT2D eigenvalue weighted by atomic mass is 32.1. The molecule has 0 aromatic carbocycles. The summed E-state index contributed by atoms with van der Waals surface area (Å²) in [6.07, 6.45) is 4.85. The molecule has 3 rings (SSSR count). The van der Waals surface area contributed by atoms with Crippen molar-refractivity contribution >= 4 is 33.3 Å². The first kappa shape index (κ1) is 14.5. The number of nitrogens with one attached hydrogen (secondary N) is 1. The molecule has 1 atom stereocenters. The van der Waals surface area contributed by atoms with E-state index in [2.05, 4.69) is 40.2 Å². The molecule has 1 aliphatic rings. The van der Waals surface area contributed by atoms with Gasteiger partial charge in [0.15, 0.2) is 0 Å². The predicted molar refractivity (Wildman–Crippen MR) is 89.8 cm³/mol. The van der Waals surface area contributed by atoms with E-state index in [1.54, 1.807) is 11.3 Å². The quantitative estimate of drug-likeness (QED) is 0.656. The molecular weight excluding hydrogens is 282 g/mol. The van der Waals surface area contributed by atoms with Crippen molar-refractivity contribution in [3.05, 3.63) is 10.9 Å². The highest BCUT2D eigenvalue weighted by molar-refractivity contribution is 7.18. The van der Waals surface area contributed by atoms with E-state index >= 15 is 0 Å². The molecule has 0 saturated carbocycles. The molecule has 0 radical (unpaired) electrons. The van der Waals surface area contributed by atoms with E-state index in [9.17, 15) is 0 Å². The molecule has 2 aromatic heterocycles. The molecule has 1 saturated heterocycles. The summed E-state index contributed by atoms with van der Waals surface area (Å²) in [5.41, 5.74) is 2.60. The van der Waals surface area contributed by atoms with Gasteiger partial charge in [-0.1, -0.05) is 20.3 Å². The highest BCUT2D eigenvalue weighted by Crippen LogP contribution is 2.35. The van der Waals surface area contributed by atoms with Gasteiger partial charge in [-0.2, -0.15) is 4.98 Å². The van der Waals surface area contributed by atoms with Gasteiger partial charge in [0, 0.05) is 18.0 Å². The maximum absolute atomic E-state index is 5.53. The van der Waals surface area contributed by atoms with Gasteiger partial charge in [0.25, 0.3) is 0 Å². The average Bonchev–Trinajstić information content (AvgIpc) is 3.12. The second kappa shape index (κ2) is 6.15. The molecule has 21 heavy (non-hydrogen) atoms. The molecule has 1 aliphatic heterocycles. The van der Waals surface area contributed by atoms with Crippen LogP contribution in [-0.4, -0.2) is 23.1 Å². The SMILES string of the molecule is CCCC1CCN(c2nc(NN)nc3sc(CC)cc23)C1. The number of hydrogen-bond donors (Lipinski definition) is 2. The van der Waals surface area contributed by atoms with E-state index in [1.807, 2.05) is 0 Å². The standard InChI is InChI=1S/C15H23N5S/c1-3-5-10-6-7-20(9-10)13-12-8-11(4-2)21-14(12)18-15(17-13)19-16/h8,10H,3-7,9,16H2,1-2H3,(H,17,18,19). The fraction of sp³-hybridized carbons (Fsp3) is 0.600. The summed E-state index contributed by atoms with van der Waals surface area (Å²) in [4.78, 5) is 13.9. The first-order valence-corrected chi connectivity index (χ1v) is 8.58. The summed E-state index contributed by atoms with van der Waals surface area (Å²) >= 11 is 1.74. The third-order valence-electron chi connectivity index (χ3n) is 4.18. The number of aryl methyl sites for hydroxylation is 1. The zero-order valence-corrected chi connectivity index (χ0v) is 13.5. The predicted octanol–water partition coefficient (Wildman–Crippen LogP) is 3.17. The van der Waals surface area contributed by atoms with Crippen molar-refractivity contribution in [1.29, 1.82) is 0 Å². The van der Waals surface area contributed by atoms with Gasteiger partial charge in [-0.05, 0) is 31.2 Å². The minimum atomic E-state index is 0.515. The number of fused-ring (bicyclic) bond motifs is 1. The summed E-state index contributed by atoms with van der Waals surface area (Å²) in [6, 6.07) is 2.24. The number of nitrogen functional groups attached to an aromatic ring is 1. The molecular formula is C15H23N5S. The Morgan fingerprint density at radius 3 is 3.00 bits per heavy atom. The second-order valence-corrected chi connectivity index (χ2v) is 6.80. The van der Waals surface area contributed by atoms with Gasteiger partial charge in [0.1, 0.15) is 10.6 Å². The van der Waals surface area contributed by atoms with Gasteiger partial charge >= 0.3 is 0 Å². The van der Waals surface area contributed by atoms with E-state index in [4.69, 9.17) is 5.84 Å². The van der Waals surface area contributed by atoms with Crippen LogP contribution < -0.4 is 16.2 Å². The number of nitrogens with two attached hydrogens (primary N) is 1. The van der Waals surface area contributed by atoms with Crippen LogP contribution in [0.5, 0.6) is 0 Å². The lowest BCUT2D eigenvalue weighted by Gasteiger charge is -2.19. The van der Waals surface area contributed by atoms with Crippen molar-refractivity contribution in [1.82, 2.24) is 9.97 Å². The van der Waals surface area contributed by atoms with Gasteiger partial charge in [-0.25, -0.2) is 10.8 Å². The van der Waals surface area contributed by atoms with E-state index < -0.39 is 0 Å². The first-order valence-electron chi connectivity index (χ1n) is 7.77. The molecule has 0 aliphatic carbocycles. The van der Waals surface area contributed by atoms with Crippen LogP contribution in [0.25, 0.3) is 10.2 Å². The molecule has 114 valence electrons. The third kappa shape index (κ3) is 2.82. The van der Waals surface area contributed by atoms with Crippen LogP contribution in [0.3, 0.4) is 0 Å². The van der Waals surface area contributed by atoms with Gasteiger partial charge in [0.05, 0.1) is 5.39 Å². The fourth-order valence-corrected chi connectivity index (χ4v) is 4.07. The molecule has 3 heterocycles. The smallest absolute Gasteiger partial charge is 0.240 e. The van der Waals surface area contributed by atoms with Crippen molar-refractivity contribution < 1.29 is 0 Å². The van der Waals surface area contributed by atoms with E-state index in [-0.39, 0.29) is 0 Å². The summed E-state index contributed by atoms with van der Waals surface area (Å²) in [6.45, 7) is 6.61. The van der Waals surface area contributed by atoms with Gasteiger partial charge in [0.2, 0.25) is 5.95 Å². The number of thiophene rings is 1. The third-order valence-corrected chi connectivity index (χ3v) is 5.36. The molecule has 2 aromatic rings. The Balaban J connectivity index is 1.98. The van der Waals surface area contributed by atoms with E-state index in [0.29, 0.717) is 5.95 Å². The number of aromatic nitrogens is 2. The van der Waals surface area contributed by atoms with Crippen molar-refractivity contribution in [2.75, 3.05) is 23.4 Å². The van der Waals surface area contributed by atoms with Crippen LogP contribution >= 0.6 is 11.3 Å². The van der Waals surface area contributed by atoms with Crippen LogP contribution in [0.4, 0.5) is 11.8 Å². The minimum Gasteiger partial charge on any atom is -0.356 e. The minimum absolute atomic E-state index is 0.515. The van der Waals surface area contributed by atoms with Crippen molar-refractivity contribution in [2.24, 2.45) is 11.8 Å². The Morgan fingerprint density at radius 1 is 1.43 bits per heavy atom. The fourth-order valence-electron chi connectivity index (χ4n) is 3.11. The van der Waals surface area contributed by atoms with Crippen LogP contribution in [0, 0.1) is 5.92 Å². The summed E-state index contributed by atoms with van der Waals surface area (Å²) in [5.74, 6) is 7.88. The van der Waals surface area contributed by atoms with Crippen LogP contribution in [0.2, 0.25) is 0 Å². The zero-order chi connectivity index (χ0) is 14.8. The Bertz CT molecular complexity index is 624. The number of nitrogens with zero attached hydrogens (tertiary/aromatic N) is 3. The Hall–Kier alpha value is -1.40. The van der Waals surface area contributed by atoms with Crippen LogP contribution in [-0.2, 0) is 6.42 Å². The highest BCUT2D eigenvalue weighted by Gasteiger charge is 2.25. The van der Waals surface area contributed by atoms with Gasteiger partial charge < -0.3 is 4.90 Å². The number of anilines is 2. The molecule has 3 N–H and O–H groups in total. The van der Waals surface area contributed by atoms with E-state index in [0.717, 1.165) is 36.1 Å². The molecule has 0 spiro atoms. The molecule has 6 heteroatoms. The molecule has 0 amide bonds. The lowest BCUT2D eigenvalue weighted by Crippen LogP contribution is -2.22. The summed E-state index contributed by atoms with van der Waals surface area (Å²) < 4.78 is 0. The lowest BCUT2D eigenvalue weighted by molar-refractivity contribution is 0.529. The molecule has 0 bridgehead atoms. The summed E-state index contributed by atoms with van der Waals surface area (Å²) in [5, 5.41) is 1.17. The zero-order valence-electron chi connectivity index (χ0n) is 12.7. The first-order chi connectivity index (χ1) is 10.2. The Morgan fingerprint density at radius 2 is 2.29 bits per heavy atom. The van der Waals surface area contributed by atoms with Crippen molar-refractivity contribution in [3.8, 4) is 0 Å². The Labute approximate surface area is 129 Å². The topological polar surface area (TPSA) is 67.1 Å². The van der Waals surface area contributed by atoms with E-state index in [1.165, 1.54) is 29.5 Å². The van der Waals surface area contributed by atoms with Gasteiger partial charge in [-0.3, -0.25) is 5.43 Å². The van der Waals surface area contributed by atoms with Crippen molar-refractivity contribution in [2.45, 2.75) is 39.5 Å². The summed E-state index contributed by atoms with van der Waals surface area (Å²) in [7, 11) is 0. The lowest BCUT2D eigenvalue weighted by atomic mass is 10.0. The molecule has 1 unspecified atom stereocenters. The van der Waals surface area contributed by atoms with Crippen molar-refractivity contribution in [3.63, 3.8) is 0 Å². The Kier molecular flexibility index (Phi) is 4.26. The number of hydrazine groups is 1. The van der Waals surface area contributed by atoms with Crippen LogP contribution in [0.1, 0.15) is 38.0 Å². The second-order valence-electron chi connectivity index (χ2n) is 5.69. The normalized spacial score (nSPS) is 18.6. The average molecular weight is 305 g/mol. The monoisotopic (exact) mass is 305 g/mol. The largest absolute Gasteiger partial charge is 0.356 e. The maximum Gasteiger partial charge on any atom is 0.240 e. The number of hydrogen-bond acceptors (Lipinski definition) is 6.